The van der Waals surface area contributed by atoms with Crippen molar-refractivity contribution in [1.29, 1.82) is 0 Å². The van der Waals surface area contributed by atoms with Gasteiger partial charge >= 0.3 is 0 Å². The number of aromatic amines is 1. The number of aromatic nitrogens is 1. The van der Waals surface area contributed by atoms with Crippen LogP contribution >= 0.6 is 0 Å². The number of amides is 1. The topological polar surface area (TPSA) is 79.0 Å². The average molecular weight is 338 g/mol. The quantitative estimate of drug-likeness (QED) is 0.872. The van der Waals surface area contributed by atoms with Crippen molar-refractivity contribution in [1.82, 2.24) is 10.3 Å². The lowest BCUT2D eigenvalue weighted by Crippen LogP contribution is -2.27. The number of carbonyl (C=O) groups excluding carboxylic acids is 1. The molecule has 1 aromatic heterocycles. The maximum Gasteiger partial charge on any atom is 0.220 e. The summed E-state index contributed by atoms with van der Waals surface area (Å²) >= 11 is 0. The van der Waals surface area contributed by atoms with E-state index in [0.717, 1.165) is 16.5 Å². The van der Waals surface area contributed by atoms with Gasteiger partial charge in [0.15, 0.2) is 9.84 Å². The fraction of sp³-hybridized carbons (Fsp3) is 0.438. The van der Waals surface area contributed by atoms with E-state index in [1.807, 2.05) is 6.20 Å². The van der Waals surface area contributed by atoms with E-state index in [0.29, 0.717) is 19.4 Å². The number of fused-ring (bicyclic) bond motifs is 1. The SMILES string of the molecule is O=C(CC1CCS(=O)(=O)C1)NCCc1c[nH]c2cc(F)ccc12. The van der Waals surface area contributed by atoms with Crippen LogP contribution < -0.4 is 5.32 Å². The maximum atomic E-state index is 13.1. The highest BCUT2D eigenvalue weighted by atomic mass is 32.2. The zero-order valence-electron chi connectivity index (χ0n) is 12.6. The van der Waals surface area contributed by atoms with Gasteiger partial charge in [0, 0.05) is 30.1 Å². The lowest BCUT2D eigenvalue weighted by molar-refractivity contribution is -0.121. The summed E-state index contributed by atoms with van der Waals surface area (Å²) in [5.74, 6) is -0.148. The van der Waals surface area contributed by atoms with Crippen LogP contribution in [0.5, 0.6) is 0 Å². The van der Waals surface area contributed by atoms with E-state index in [1.165, 1.54) is 12.1 Å². The molecule has 1 aliphatic rings. The van der Waals surface area contributed by atoms with Crippen LogP contribution in [-0.4, -0.2) is 37.4 Å². The lowest BCUT2D eigenvalue weighted by atomic mass is 10.0. The van der Waals surface area contributed by atoms with Crippen molar-refractivity contribution in [3.8, 4) is 0 Å². The predicted octanol–water partition coefficient (Wildman–Crippen LogP) is 1.79. The molecule has 23 heavy (non-hydrogen) atoms. The first-order chi connectivity index (χ1) is 10.9. The Kier molecular flexibility index (Phi) is 4.39. The molecule has 1 saturated heterocycles. The Hall–Kier alpha value is -1.89. The van der Waals surface area contributed by atoms with Gasteiger partial charge in [-0.05, 0) is 42.5 Å². The lowest BCUT2D eigenvalue weighted by Gasteiger charge is -2.08. The number of sulfone groups is 1. The number of H-pyrrole nitrogens is 1. The summed E-state index contributed by atoms with van der Waals surface area (Å²) in [7, 11) is -2.94. The summed E-state index contributed by atoms with van der Waals surface area (Å²) in [5, 5.41) is 3.78. The summed E-state index contributed by atoms with van der Waals surface area (Å²) in [4.78, 5) is 14.9. The van der Waals surface area contributed by atoms with Crippen molar-refractivity contribution in [3.05, 3.63) is 35.8 Å². The van der Waals surface area contributed by atoms with E-state index in [1.54, 1.807) is 6.07 Å². The smallest absolute Gasteiger partial charge is 0.220 e. The van der Waals surface area contributed by atoms with Crippen LogP contribution in [0.2, 0.25) is 0 Å². The molecule has 0 saturated carbocycles. The van der Waals surface area contributed by atoms with Crippen molar-refractivity contribution >= 4 is 26.6 Å². The molecule has 7 heteroatoms. The van der Waals surface area contributed by atoms with Crippen LogP contribution in [0.3, 0.4) is 0 Å². The molecule has 2 heterocycles. The summed E-state index contributed by atoms with van der Waals surface area (Å²) < 4.78 is 35.9. The second kappa shape index (κ2) is 6.31. The number of rotatable bonds is 5. The maximum absolute atomic E-state index is 13.1. The van der Waals surface area contributed by atoms with Crippen molar-refractivity contribution in [2.24, 2.45) is 5.92 Å². The van der Waals surface area contributed by atoms with Gasteiger partial charge in [-0.1, -0.05) is 0 Å². The molecular weight excluding hydrogens is 319 g/mol. The molecule has 1 atom stereocenters. The zero-order valence-corrected chi connectivity index (χ0v) is 13.5. The van der Waals surface area contributed by atoms with Gasteiger partial charge in [0.25, 0.3) is 0 Å². The summed E-state index contributed by atoms with van der Waals surface area (Å²) in [6.45, 7) is 0.475. The second-order valence-corrected chi connectivity index (χ2v) is 8.31. The van der Waals surface area contributed by atoms with Crippen LogP contribution in [0.1, 0.15) is 18.4 Å². The van der Waals surface area contributed by atoms with Crippen molar-refractivity contribution in [2.45, 2.75) is 19.3 Å². The number of hydrogen-bond donors (Lipinski definition) is 2. The van der Waals surface area contributed by atoms with Crippen molar-refractivity contribution in [3.63, 3.8) is 0 Å². The number of carbonyl (C=O) groups is 1. The minimum Gasteiger partial charge on any atom is -0.361 e. The molecule has 0 spiro atoms. The van der Waals surface area contributed by atoms with E-state index >= 15 is 0 Å². The summed E-state index contributed by atoms with van der Waals surface area (Å²) in [6.07, 6.45) is 3.29. The Morgan fingerprint density at radius 1 is 1.39 bits per heavy atom. The normalized spacial score (nSPS) is 20.0. The van der Waals surface area contributed by atoms with Crippen LogP contribution in [0, 0.1) is 11.7 Å². The van der Waals surface area contributed by atoms with Gasteiger partial charge in [0.1, 0.15) is 5.82 Å². The van der Waals surface area contributed by atoms with E-state index in [2.05, 4.69) is 10.3 Å². The van der Waals surface area contributed by atoms with E-state index in [9.17, 15) is 17.6 Å². The van der Waals surface area contributed by atoms with E-state index in [4.69, 9.17) is 0 Å². The second-order valence-electron chi connectivity index (χ2n) is 6.08. The van der Waals surface area contributed by atoms with Gasteiger partial charge in [-0.25, -0.2) is 12.8 Å². The number of nitrogens with one attached hydrogen (secondary N) is 2. The molecular formula is C16H19FN2O3S. The number of hydrogen-bond acceptors (Lipinski definition) is 3. The first kappa shape index (κ1) is 16.0. The third-order valence-electron chi connectivity index (χ3n) is 4.25. The molecule has 2 N–H and O–H groups in total. The highest BCUT2D eigenvalue weighted by molar-refractivity contribution is 7.91. The monoisotopic (exact) mass is 338 g/mol. The first-order valence-electron chi connectivity index (χ1n) is 7.65. The molecule has 1 aliphatic heterocycles. The van der Waals surface area contributed by atoms with Gasteiger partial charge in [-0.15, -0.1) is 0 Å². The Morgan fingerprint density at radius 3 is 2.96 bits per heavy atom. The molecule has 1 unspecified atom stereocenters. The summed E-state index contributed by atoms with van der Waals surface area (Å²) in [6, 6.07) is 4.58. The molecule has 5 nitrogen and oxygen atoms in total. The molecule has 2 aromatic rings. The molecule has 0 bridgehead atoms. The third-order valence-corrected chi connectivity index (χ3v) is 6.08. The largest absolute Gasteiger partial charge is 0.361 e. The van der Waals surface area contributed by atoms with Gasteiger partial charge < -0.3 is 10.3 Å². The molecule has 0 aliphatic carbocycles. The van der Waals surface area contributed by atoms with Gasteiger partial charge in [-0.2, -0.15) is 0 Å². The highest BCUT2D eigenvalue weighted by Crippen LogP contribution is 2.22. The average Bonchev–Trinajstić information content (AvgIpc) is 3.02. The molecule has 0 radical (unpaired) electrons. The van der Waals surface area contributed by atoms with Crippen molar-refractivity contribution in [2.75, 3.05) is 18.1 Å². The van der Waals surface area contributed by atoms with Gasteiger partial charge in [0.2, 0.25) is 5.91 Å². The first-order valence-corrected chi connectivity index (χ1v) is 9.48. The molecule has 124 valence electrons. The molecule has 1 amide bonds. The zero-order chi connectivity index (χ0) is 16.4. The van der Waals surface area contributed by atoms with Gasteiger partial charge in [-0.3, -0.25) is 4.79 Å². The molecule has 3 rings (SSSR count). The third kappa shape index (κ3) is 3.90. The Morgan fingerprint density at radius 2 is 2.22 bits per heavy atom. The fourth-order valence-electron chi connectivity index (χ4n) is 3.07. The minimum atomic E-state index is -2.94. The van der Waals surface area contributed by atoms with Crippen LogP contribution in [-0.2, 0) is 21.1 Å². The van der Waals surface area contributed by atoms with Gasteiger partial charge in [0.05, 0.1) is 11.5 Å². The Labute approximate surface area is 134 Å². The molecule has 1 fully saturated rings. The standard InChI is InChI=1S/C16H19FN2O3S/c17-13-1-2-14-12(9-19-15(14)8-13)3-5-18-16(20)7-11-4-6-23(21,22)10-11/h1-2,8-9,11,19H,3-7,10H2,(H,18,20). The Balaban J connectivity index is 1.50. The van der Waals surface area contributed by atoms with Crippen LogP contribution in [0.15, 0.2) is 24.4 Å². The Bertz CT molecular complexity index is 829. The van der Waals surface area contributed by atoms with Crippen LogP contribution in [0.4, 0.5) is 4.39 Å². The highest BCUT2D eigenvalue weighted by Gasteiger charge is 2.29. The number of halogens is 1. The van der Waals surface area contributed by atoms with Crippen molar-refractivity contribution < 1.29 is 17.6 Å². The van der Waals surface area contributed by atoms with Crippen LogP contribution in [0.25, 0.3) is 10.9 Å². The van der Waals surface area contributed by atoms with E-state index in [-0.39, 0.29) is 35.6 Å². The van der Waals surface area contributed by atoms with E-state index < -0.39 is 9.84 Å². The minimum absolute atomic E-state index is 0.0592. The predicted molar refractivity (Wildman–Crippen MR) is 86.3 cm³/mol. The number of benzene rings is 1. The summed E-state index contributed by atoms with van der Waals surface area (Å²) in [5.41, 5.74) is 1.76. The molecule has 1 aromatic carbocycles. The fourth-order valence-corrected chi connectivity index (χ4v) is 4.93.